The molecule has 0 aliphatic carbocycles. The number of rotatable bonds is 5. The topological polar surface area (TPSA) is 63.3 Å². The van der Waals surface area contributed by atoms with E-state index in [1.54, 1.807) is 0 Å². The smallest absolute Gasteiger partial charge is 0.316 e. The van der Waals surface area contributed by atoms with Gasteiger partial charge in [0.25, 0.3) is 0 Å². The Kier molecular flexibility index (Phi) is 4.20. The van der Waals surface area contributed by atoms with E-state index in [-0.39, 0.29) is 11.2 Å². The van der Waals surface area contributed by atoms with Crippen molar-refractivity contribution in [1.82, 2.24) is 5.16 Å². The number of carboxylic acids is 1. The van der Waals surface area contributed by atoms with Crippen LogP contribution in [0.4, 0.5) is 0 Å². The number of aliphatic carboxylic acids is 1. The number of nitrogens with zero attached hydrogens (tertiary/aromatic N) is 1. The highest BCUT2D eigenvalue weighted by Crippen LogP contribution is 2.23. The van der Waals surface area contributed by atoms with E-state index in [1.165, 1.54) is 11.8 Å². The molecule has 0 fully saturated rings. The molecule has 1 unspecified atom stereocenters. The molecule has 84 valence electrons. The zero-order valence-electron chi connectivity index (χ0n) is 9.06. The van der Waals surface area contributed by atoms with E-state index in [2.05, 4.69) is 5.16 Å². The molecule has 1 heterocycles. The molecule has 5 heteroatoms. The molecule has 0 aromatic carbocycles. The maximum Gasteiger partial charge on any atom is 0.316 e. The van der Waals surface area contributed by atoms with Crippen LogP contribution < -0.4 is 0 Å². The van der Waals surface area contributed by atoms with E-state index in [4.69, 9.17) is 9.63 Å². The van der Waals surface area contributed by atoms with Crippen molar-refractivity contribution in [3.8, 4) is 0 Å². The SMILES string of the molecule is Cc1cc(CSC(C(=O)O)C(C)C)no1. The van der Waals surface area contributed by atoms with Gasteiger partial charge in [-0.05, 0) is 12.8 Å². The fraction of sp³-hybridized carbons (Fsp3) is 0.600. The zero-order valence-corrected chi connectivity index (χ0v) is 9.87. The van der Waals surface area contributed by atoms with Gasteiger partial charge in [0.15, 0.2) is 0 Å². The van der Waals surface area contributed by atoms with Crippen LogP contribution in [0.25, 0.3) is 0 Å². The molecule has 0 aliphatic rings. The van der Waals surface area contributed by atoms with Crippen molar-refractivity contribution in [3.05, 3.63) is 17.5 Å². The molecule has 0 radical (unpaired) electrons. The number of hydrogen-bond donors (Lipinski definition) is 1. The fourth-order valence-electron chi connectivity index (χ4n) is 1.21. The summed E-state index contributed by atoms with van der Waals surface area (Å²) in [6.07, 6.45) is 0. The Hall–Kier alpha value is -0.970. The Morgan fingerprint density at radius 1 is 1.67 bits per heavy atom. The van der Waals surface area contributed by atoms with Gasteiger partial charge in [0.05, 0.1) is 5.69 Å². The fourth-order valence-corrected chi connectivity index (χ4v) is 2.22. The zero-order chi connectivity index (χ0) is 11.4. The van der Waals surface area contributed by atoms with Gasteiger partial charge in [-0.2, -0.15) is 0 Å². The minimum absolute atomic E-state index is 0.112. The summed E-state index contributed by atoms with van der Waals surface area (Å²) in [4.78, 5) is 10.9. The van der Waals surface area contributed by atoms with Crippen molar-refractivity contribution in [2.24, 2.45) is 5.92 Å². The van der Waals surface area contributed by atoms with Crippen molar-refractivity contribution < 1.29 is 14.4 Å². The number of carbonyl (C=O) groups is 1. The van der Waals surface area contributed by atoms with Crippen LogP contribution in [0.1, 0.15) is 25.3 Å². The molecule has 1 rings (SSSR count). The van der Waals surface area contributed by atoms with Gasteiger partial charge in [-0.3, -0.25) is 4.79 Å². The van der Waals surface area contributed by atoms with Crippen molar-refractivity contribution >= 4 is 17.7 Å². The molecule has 4 nitrogen and oxygen atoms in total. The highest BCUT2D eigenvalue weighted by atomic mass is 32.2. The van der Waals surface area contributed by atoms with Gasteiger partial charge in [-0.15, -0.1) is 11.8 Å². The summed E-state index contributed by atoms with van der Waals surface area (Å²) in [6.45, 7) is 5.62. The van der Waals surface area contributed by atoms with Crippen molar-refractivity contribution in [3.63, 3.8) is 0 Å². The summed E-state index contributed by atoms with van der Waals surface area (Å²) in [5.74, 6) is 0.671. The molecule has 0 saturated heterocycles. The first kappa shape index (κ1) is 12.1. The third-order valence-corrected chi connectivity index (χ3v) is 3.50. The molecule has 0 spiro atoms. The summed E-state index contributed by atoms with van der Waals surface area (Å²) in [5, 5.41) is 12.4. The number of aromatic nitrogens is 1. The molecule has 0 bridgehead atoms. The van der Waals surface area contributed by atoms with E-state index >= 15 is 0 Å². The highest BCUT2D eigenvalue weighted by Gasteiger charge is 2.22. The summed E-state index contributed by atoms with van der Waals surface area (Å²) in [6, 6.07) is 1.83. The maximum absolute atomic E-state index is 10.9. The molecule has 1 atom stereocenters. The minimum atomic E-state index is -0.768. The summed E-state index contributed by atoms with van der Waals surface area (Å²) < 4.78 is 4.91. The third-order valence-electron chi connectivity index (χ3n) is 1.94. The highest BCUT2D eigenvalue weighted by molar-refractivity contribution is 7.99. The molecule has 0 amide bonds. The quantitative estimate of drug-likeness (QED) is 0.839. The Balaban J connectivity index is 2.50. The predicted octanol–water partition coefficient (Wildman–Crippen LogP) is 2.33. The van der Waals surface area contributed by atoms with Crippen LogP contribution in [0.2, 0.25) is 0 Å². The summed E-state index contributed by atoms with van der Waals surface area (Å²) >= 11 is 1.38. The van der Waals surface area contributed by atoms with Gasteiger partial charge >= 0.3 is 5.97 Å². The second-order valence-electron chi connectivity index (χ2n) is 3.74. The van der Waals surface area contributed by atoms with Crippen LogP contribution in [-0.4, -0.2) is 21.5 Å². The van der Waals surface area contributed by atoms with E-state index in [1.807, 2.05) is 26.8 Å². The van der Waals surface area contributed by atoms with Crippen molar-refractivity contribution in [1.29, 1.82) is 0 Å². The molecular formula is C10H15NO3S. The van der Waals surface area contributed by atoms with Gasteiger partial charge in [0.2, 0.25) is 0 Å². The van der Waals surface area contributed by atoms with E-state index < -0.39 is 5.97 Å². The van der Waals surface area contributed by atoms with E-state index in [9.17, 15) is 4.79 Å². The largest absolute Gasteiger partial charge is 0.480 e. The first-order chi connectivity index (χ1) is 7.00. The maximum atomic E-state index is 10.9. The second kappa shape index (κ2) is 5.21. The number of thioether (sulfide) groups is 1. The van der Waals surface area contributed by atoms with Gasteiger partial charge in [0, 0.05) is 11.8 Å². The average molecular weight is 229 g/mol. The van der Waals surface area contributed by atoms with Crippen LogP contribution in [0.3, 0.4) is 0 Å². The molecule has 1 aromatic rings. The first-order valence-electron chi connectivity index (χ1n) is 4.77. The summed E-state index contributed by atoms with van der Waals surface area (Å²) in [7, 11) is 0. The Bertz CT molecular complexity index is 335. The molecule has 1 N–H and O–H groups in total. The van der Waals surface area contributed by atoms with Crippen LogP contribution >= 0.6 is 11.8 Å². The predicted molar refractivity (Wildman–Crippen MR) is 58.8 cm³/mol. The van der Waals surface area contributed by atoms with Crippen molar-refractivity contribution in [2.75, 3.05) is 0 Å². The molecule has 15 heavy (non-hydrogen) atoms. The lowest BCUT2D eigenvalue weighted by Crippen LogP contribution is -2.22. The van der Waals surface area contributed by atoms with Crippen LogP contribution in [0.5, 0.6) is 0 Å². The van der Waals surface area contributed by atoms with Crippen molar-refractivity contribution in [2.45, 2.75) is 31.8 Å². The standard InChI is InChI=1S/C10H15NO3S/c1-6(2)9(10(12)13)15-5-8-4-7(3)14-11-8/h4,6,9H,5H2,1-3H3,(H,12,13). The van der Waals surface area contributed by atoms with Crippen LogP contribution in [-0.2, 0) is 10.5 Å². The molecule has 1 aromatic heterocycles. The van der Waals surface area contributed by atoms with Gasteiger partial charge in [0.1, 0.15) is 11.0 Å². The number of hydrogen-bond acceptors (Lipinski definition) is 4. The lowest BCUT2D eigenvalue weighted by atomic mass is 10.1. The molecule has 0 aliphatic heterocycles. The summed E-state index contributed by atoms with van der Waals surface area (Å²) in [5.41, 5.74) is 0.796. The normalized spacial score (nSPS) is 13.1. The lowest BCUT2D eigenvalue weighted by molar-refractivity contribution is -0.137. The monoisotopic (exact) mass is 229 g/mol. The van der Waals surface area contributed by atoms with Gasteiger partial charge < -0.3 is 9.63 Å². The Labute approximate surface area is 93.0 Å². The second-order valence-corrected chi connectivity index (χ2v) is 4.87. The Morgan fingerprint density at radius 3 is 2.73 bits per heavy atom. The number of carboxylic acid groups (broad SMARTS) is 1. The van der Waals surface area contributed by atoms with Crippen LogP contribution in [0.15, 0.2) is 10.6 Å². The Morgan fingerprint density at radius 2 is 2.33 bits per heavy atom. The van der Waals surface area contributed by atoms with Gasteiger partial charge in [-0.25, -0.2) is 0 Å². The number of aryl methyl sites for hydroxylation is 1. The minimum Gasteiger partial charge on any atom is -0.480 e. The van der Waals surface area contributed by atoms with Gasteiger partial charge in [-0.1, -0.05) is 19.0 Å². The van der Waals surface area contributed by atoms with E-state index in [0.717, 1.165) is 11.5 Å². The van der Waals surface area contributed by atoms with Crippen LogP contribution in [0, 0.1) is 12.8 Å². The first-order valence-corrected chi connectivity index (χ1v) is 5.82. The molecule has 0 saturated carbocycles. The third kappa shape index (κ3) is 3.58. The average Bonchev–Trinajstić information content (AvgIpc) is 2.50. The lowest BCUT2D eigenvalue weighted by Gasteiger charge is -2.14. The molecular weight excluding hydrogens is 214 g/mol. The van der Waals surface area contributed by atoms with E-state index in [0.29, 0.717) is 5.75 Å².